The van der Waals surface area contributed by atoms with E-state index in [1.165, 1.54) is 11.1 Å². The van der Waals surface area contributed by atoms with Gasteiger partial charge < -0.3 is 10.2 Å². The van der Waals surface area contributed by atoms with Crippen LogP contribution in [0.4, 0.5) is 0 Å². The number of hydrogen-bond donors (Lipinski definition) is 1. The predicted octanol–water partition coefficient (Wildman–Crippen LogP) is 2.72. The molecular formula is C16H28N2. The highest BCUT2D eigenvalue weighted by Gasteiger charge is 1.98. The van der Waals surface area contributed by atoms with Gasteiger partial charge >= 0.3 is 0 Å². The molecule has 0 radical (unpaired) electrons. The molecule has 0 atom stereocenters. The molecule has 0 heterocycles. The van der Waals surface area contributed by atoms with Crippen molar-refractivity contribution in [2.45, 2.75) is 39.7 Å². The Morgan fingerprint density at radius 2 is 1.61 bits per heavy atom. The normalized spacial score (nSPS) is 11.4. The number of benzene rings is 1. The van der Waals surface area contributed by atoms with E-state index >= 15 is 0 Å². The summed E-state index contributed by atoms with van der Waals surface area (Å²) in [4.78, 5) is 2.35. The SMILES string of the molecule is CCN(C)CCc1ccc(CCNC(C)C)cc1. The monoisotopic (exact) mass is 248 g/mol. The van der Waals surface area contributed by atoms with Crippen LogP contribution in [0, 0.1) is 0 Å². The lowest BCUT2D eigenvalue weighted by Crippen LogP contribution is -2.24. The first kappa shape index (κ1) is 15.2. The van der Waals surface area contributed by atoms with E-state index in [9.17, 15) is 0 Å². The van der Waals surface area contributed by atoms with E-state index in [4.69, 9.17) is 0 Å². The van der Waals surface area contributed by atoms with Crippen LogP contribution in [-0.2, 0) is 12.8 Å². The van der Waals surface area contributed by atoms with Crippen molar-refractivity contribution in [2.75, 3.05) is 26.7 Å². The molecule has 102 valence electrons. The second-order valence-electron chi connectivity index (χ2n) is 5.32. The van der Waals surface area contributed by atoms with Gasteiger partial charge in [-0.1, -0.05) is 45.0 Å². The molecule has 0 amide bonds. The molecule has 2 heteroatoms. The first-order valence-corrected chi connectivity index (χ1v) is 7.11. The van der Waals surface area contributed by atoms with Gasteiger partial charge in [-0.3, -0.25) is 0 Å². The van der Waals surface area contributed by atoms with Crippen molar-refractivity contribution in [3.8, 4) is 0 Å². The van der Waals surface area contributed by atoms with Crippen molar-refractivity contribution in [1.29, 1.82) is 0 Å². The van der Waals surface area contributed by atoms with Crippen LogP contribution < -0.4 is 5.32 Å². The minimum Gasteiger partial charge on any atom is -0.314 e. The van der Waals surface area contributed by atoms with Crippen LogP contribution in [0.25, 0.3) is 0 Å². The number of likely N-dealkylation sites (N-methyl/N-ethyl adjacent to an activating group) is 1. The second-order valence-corrected chi connectivity index (χ2v) is 5.32. The Labute approximate surface area is 112 Å². The number of rotatable bonds is 8. The van der Waals surface area contributed by atoms with Gasteiger partial charge in [0.25, 0.3) is 0 Å². The zero-order valence-corrected chi connectivity index (χ0v) is 12.4. The van der Waals surface area contributed by atoms with E-state index in [1.807, 2.05) is 0 Å². The van der Waals surface area contributed by atoms with Gasteiger partial charge in [-0.05, 0) is 44.1 Å². The molecule has 18 heavy (non-hydrogen) atoms. The summed E-state index contributed by atoms with van der Waals surface area (Å²) in [5, 5.41) is 3.45. The largest absolute Gasteiger partial charge is 0.314 e. The Kier molecular flexibility index (Phi) is 6.99. The fourth-order valence-corrected chi connectivity index (χ4v) is 1.86. The van der Waals surface area contributed by atoms with E-state index in [2.05, 4.69) is 62.3 Å². The van der Waals surface area contributed by atoms with Crippen molar-refractivity contribution in [2.24, 2.45) is 0 Å². The molecule has 0 fully saturated rings. The molecule has 0 unspecified atom stereocenters. The average Bonchev–Trinajstić information content (AvgIpc) is 2.37. The summed E-state index contributed by atoms with van der Waals surface area (Å²) in [5.74, 6) is 0. The molecule has 1 rings (SSSR count). The van der Waals surface area contributed by atoms with E-state index in [0.29, 0.717) is 6.04 Å². The van der Waals surface area contributed by atoms with Crippen molar-refractivity contribution in [3.63, 3.8) is 0 Å². The second kappa shape index (κ2) is 8.28. The summed E-state index contributed by atoms with van der Waals surface area (Å²) < 4.78 is 0. The van der Waals surface area contributed by atoms with Crippen LogP contribution in [0.5, 0.6) is 0 Å². The summed E-state index contributed by atoms with van der Waals surface area (Å²) in [7, 11) is 2.17. The average molecular weight is 248 g/mol. The lowest BCUT2D eigenvalue weighted by atomic mass is 10.1. The number of hydrogen-bond acceptors (Lipinski definition) is 2. The maximum Gasteiger partial charge on any atom is 0.00187 e. The highest BCUT2D eigenvalue weighted by atomic mass is 15.1. The third-order valence-corrected chi connectivity index (χ3v) is 3.31. The molecule has 1 aromatic rings. The highest BCUT2D eigenvalue weighted by Crippen LogP contribution is 2.06. The standard InChI is InChI=1S/C16H28N2/c1-5-18(4)13-11-16-8-6-15(7-9-16)10-12-17-14(2)3/h6-9,14,17H,5,10-13H2,1-4H3. The molecule has 0 saturated heterocycles. The zero-order valence-electron chi connectivity index (χ0n) is 12.4. The van der Waals surface area contributed by atoms with Gasteiger partial charge in [0.15, 0.2) is 0 Å². The van der Waals surface area contributed by atoms with Crippen LogP contribution in [-0.4, -0.2) is 37.6 Å². The summed E-state index contributed by atoms with van der Waals surface area (Å²) in [6.45, 7) is 9.91. The van der Waals surface area contributed by atoms with Crippen molar-refractivity contribution in [3.05, 3.63) is 35.4 Å². The molecule has 0 aromatic heterocycles. The first-order chi connectivity index (χ1) is 8.61. The molecule has 0 saturated carbocycles. The van der Waals surface area contributed by atoms with Gasteiger partial charge in [0.2, 0.25) is 0 Å². The molecule has 0 aliphatic rings. The minimum absolute atomic E-state index is 0.578. The smallest absolute Gasteiger partial charge is 0.00187 e. The van der Waals surface area contributed by atoms with Gasteiger partial charge in [-0.25, -0.2) is 0 Å². The van der Waals surface area contributed by atoms with E-state index < -0.39 is 0 Å². The Bertz CT molecular complexity index is 316. The fourth-order valence-electron chi connectivity index (χ4n) is 1.86. The molecule has 1 N–H and O–H groups in total. The maximum absolute atomic E-state index is 3.45. The van der Waals surface area contributed by atoms with E-state index in [-0.39, 0.29) is 0 Å². The molecule has 0 aliphatic heterocycles. The number of nitrogens with one attached hydrogen (secondary N) is 1. The zero-order chi connectivity index (χ0) is 13.4. The quantitative estimate of drug-likeness (QED) is 0.761. The molecular weight excluding hydrogens is 220 g/mol. The Morgan fingerprint density at radius 3 is 2.11 bits per heavy atom. The van der Waals surface area contributed by atoms with Crippen LogP contribution in [0.2, 0.25) is 0 Å². The highest BCUT2D eigenvalue weighted by molar-refractivity contribution is 5.23. The van der Waals surface area contributed by atoms with Crippen LogP contribution >= 0.6 is 0 Å². The van der Waals surface area contributed by atoms with Crippen LogP contribution in [0.1, 0.15) is 31.9 Å². The van der Waals surface area contributed by atoms with Gasteiger partial charge in [-0.15, -0.1) is 0 Å². The van der Waals surface area contributed by atoms with Gasteiger partial charge in [0, 0.05) is 12.6 Å². The van der Waals surface area contributed by atoms with Gasteiger partial charge in [0.1, 0.15) is 0 Å². The topological polar surface area (TPSA) is 15.3 Å². The first-order valence-electron chi connectivity index (χ1n) is 7.11. The maximum atomic E-state index is 3.45. The summed E-state index contributed by atoms with van der Waals surface area (Å²) in [5.41, 5.74) is 2.87. The lowest BCUT2D eigenvalue weighted by Gasteiger charge is -2.13. The minimum atomic E-state index is 0.578. The van der Waals surface area contributed by atoms with E-state index in [0.717, 1.165) is 32.5 Å². The van der Waals surface area contributed by atoms with Crippen molar-refractivity contribution in [1.82, 2.24) is 10.2 Å². The summed E-state index contributed by atoms with van der Waals surface area (Å²) in [6, 6.07) is 9.66. The molecule has 0 spiro atoms. The Morgan fingerprint density at radius 1 is 1.06 bits per heavy atom. The Balaban J connectivity index is 2.33. The number of nitrogens with zero attached hydrogens (tertiary/aromatic N) is 1. The third kappa shape index (κ3) is 6.18. The van der Waals surface area contributed by atoms with Gasteiger partial charge in [-0.2, -0.15) is 0 Å². The summed E-state index contributed by atoms with van der Waals surface area (Å²) in [6.07, 6.45) is 2.27. The van der Waals surface area contributed by atoms with Crippen molar-refractivity contribution < 1.29 is 0 Å². The lowest BCUT2D eigenvalue weighted by molar-refractivity contribution is 0.357. The molecule has 1 aromatic carbocycles. The predicted molar refractivity (Wildman–Crippen MR) is 80.2 cm³/mol. The third-order valence-electron chi connectivity index (χ3n) is 3.31. The molecule has 0 aliphatic carbocycles. The Hall–Kier alpha value is -0.860. The fraction of sp³-hybridized carbons (Fsp3) is 0.625. The van der Waals surface area contributed by atoms with Crippen LogP contribution in [0.3, 0.4) is 0 Å². The van der Waals surface area contributed by atoms with E-state index in [1.54, 1.807) is 0 Å². The summed E-state index contributed by atoms with van der Waals surface area (Å²) >= 11 is 0. The molecule has 2 nitrogen and oxygen atoms in total. The van der Waals surface area contributed by atoms with Crippen molar-refractivity contribution >= 4 is 0 Å². The van der Waals surface area contributed by atoms with Crippen LogP contribution in [0.15, 0.2) is 24.3 Å². The molecule has 0 bridgehead atoms. The van der Waals surface area contributed by atoms with Gasteiger partial charge in [0.05, 0.1) is 0 Å².